The fourth-order valence-corrected chi connectivity index (χ4v) is 3.49. The van der Waals surface area contributed by atoms with E-state index < -0.39 is 11.9 Å². The van der Waals surface area contributed by atoms with Gasteiger partial charge in [-0.1, -0.05) is 30.3 Å². The summed E-state index contributed by atoms with van der Waals surface area (Å²) >= 11 is 0. The molecule has 0 amide bonds. The van der Waals surface area contributed by atoms with Gasteiger partial charge in [0.15, 0.2) is 0 Å². The third-order valence-corrected chi connectivity index (χ3v) is 4.61. The molecule has 2 fully saturated rings. The van der Waals surface area contributed by atoms with Gasteiger partial charge in [0.2, 0.25) is 0 Å². The molecule has 0 saturated carbocycles. The van der Waals surface area contributed by atoms with E-state index in [9.17, 15) is 9.90 Å². The number of aliphatic carboxylic acids is 1. The van der Waals surface area contributed by atoms with E-state index in [2.05, 4.69) is 9.80 Å². The van der Waals surface area contributed by atoms with Crippen LogP contribution in [0.2, 0.25) is 0 Å². The molecule has 1 aromatic carbocycles. The summed E-state index contributed by atoms with van der Waals surface area (Å²) in [6.07, 6.45) is 2.55. The molecule has 2 saturated heterocycles. The summed E-state index contributed by atoms with van der Waals surface area (Å²) in [5.74, 6) is -1.13. The Balaban J connectivity index is 1.67. The van der Waals surface area contributed by atoms with Crippen molar-refractivity contribution >= 4 is 5.97 Å². The third-order valence-electron chi connectivity index (χ3n) is 4.61. The molecule has 2 unspecified atom stereocenters. The molecule has 1 N–H and O–H groups in total. The van der Waals surface area contributed by atoms with E-state index in [-0.39, 0.29) is 0 Å². The molecule has 2 atom stereocenters. The van der Waals surface area contributed by atoms with Crippen molar-refractivity contribution in [1.29, 1.82) is 0 Å². The number of benzene rings is 1. The molecular formula is C16H22N2O2. The van der Waals surface area contributed by atoms with Crippen LogP contribution >= 0.6 is 0 Å². The Kier molecular flexibility index (Phi) is 4.03. The van der Waals surface area contributed by atoms with Gasteiger partial charge in [0, 0.05) is 32.2 Å². The summed E-state index contributed by atoms with van der Waals surface area (Å²) in [4.78, 5) is 16.4. The lowest BCUT2D eigenvalue weighted by Crippen LogP contribution is -2.51. The van der Waals surface area contributed by atoms with Gasteiger partial charge in [-0.05, 0) is 24.9 Å². The summed E-state index contributed by atoms with van der Waals surface area (Å²) in [7, 11) is 0. The van der Waals surface area contributed by atoms with Gasteiger partial charge in [-0.3, -0.25) is 14.6 Å². The van der Waals surface area contributed by atoms with Crippen molar-refractivity contribution in [3.05, 3.63) is 35.9 Å². The van der Waals surface area contributed by atoms with Crippen LogP contribution in [0.4, 0.5) is 0 Å². The zero-order valence-electron chi connectivity index (χ0n) is 11.7. The highest BCUT2D eigenvalue weighted by Crippen LogP contribution is 2.24. The first-order valence-electron chi connectivity index (χ1n) is 7.48. The average molecular weight is 274 g/mol. The normalized spacial score (nSPS) is 25.3. The minimum Gasteiger partial charge on any atom is -0.481 e. The number of hydrogen-bond acceptors (Lipinski definition) is 3. The highest BCUT2D eigenvalue weighted by atomic mass is 16.4. The monoisotopic (exact) mass is 274 g/mol. The molecule has 0 aliphatic carbocycles. The van der Waals surface area contributed by atoms with Gasteiger partial charge >= 0.3 is 5.97 Å². The maximum atomic E-state index is 11.6. The Morgan fingerprint density at radius 2 is 2.05 bits per heavy atom. The molecule has 0 bridgehead atoms. The summed E-state index contributed by atoms with van der Waals surface area (Å²) in [5.41, 5.74) is 0.911. The number of carbonyl (C=O) groups is 1. The number of nitrogens with zero attached hydrogens (tertiary/aromatic N) is 2. The van der Waals surface area contributed by atoms with Gasteiger partial charge in [-0.2, -0.15) is 0 Å². The number of piperazine rings is 1. The lowest BCUT2D eigenvalue weighted by molar-refractivity contribution is -0.139. The molecule has 1 aromatic rings. The molecule has 0 radical (unpaired) electrons. The molecular weight excluding hydrogens is 252 g/mol. The first-order chi connectivity index (χ1) is 9.74. The van der Waals surface area contributed by atoms with Gasteiger partial charge in [-0.15, -0.1) is 0 Å². The first-order valence-corrected chi connectivity index (χ1v) is 7.48. The van der Waals surface area contributed by atoms with E-state index in [1.807, 2.05) is 30.3 Å². The molecule has 20 heavy (non-hydrogen) atoms. The van der Waals surface area contributed by atoms with Crippen molar-refractivity contribution in [1.82, 2.24) is 9.80 Å². The molecule has 2 heterocycles. The van der Waals surface area contributed by atoms with Crippen LogP contribution in [0.25, 0.3) is 0 Å². The van der Waals surface area contributed by atoms with Crippen molar-refractivity contribution < 1.29 is 9.90 Å². The number of carboxylic acid groups (broad SMARTS) is 1. The van der Waals surface area contributed by atoms with Gasteiger partial charge in [0.05, 0.1) is 5.92 Å². The molecule has 3 rings (SSSR count). The van der Waals surface area contributed by atoms with Crippen molar-refractivity contribution in [3.8, 4) is 0 Å². The fraction of sp³-hybridized carbons (Fsp3) is 0.562. The zero-order chi connectivity index (χ0) is 13.9. The van der Waals surface area contributed by atoms with E-state index in [0.717, 1.165) is 25.2 Å². The van der Waals surface area contributed by atoms with Crippen LogP contribution < -0.4 is 0 Å². The Morgan fingerprint density at radius 1 is 1.25 bits per heavy atom. The van der Waals surface area contributed by atoms with Crippen molar-refractivity contribution in [2.75, 3.05) is 32.7 Å². The number of carboxylic acids is 1. The topological polar surface area (TPSA) is 43.8 Å². The van der Waals surface area contributed by atoms with Gasteiger partial charge in [0.25, 0.3) is 0 Å². The second kappa shape index (κ2) is 5.94. The zero-order valence-corrected chi connectivity index (χ0v) is 11.7. The summed E-state index contributed by atoms with van der Waals surface area (Å²) in [6.45, 7) is 4.96. The highest BCUT2D eigenvalue weighted by molar-refractivity contribution is 5.76. The maximum absolute atomic E-state index is 11.6. The first kappa shape index (κ1) is 13.6. The predicted molar refractivity (Wildman–Crippen MR) is 77.9 cm³/mol. The average Bonchev–Trinajstić information content (AvgIpc) is 2.93. The molecule has 108 valence electrons. The van der Waals surface area contributed by atoms with Crippen LogP contribution in [-0.2, 0) is 4.79 Å². The second-order valence-corrected chi connectivity index (χ2v) is 5.89. The molecule has 0 aromatic heterocycles. The van der Waals surface area contributed by atoms with Crippen molar-refractivity contribution in [2.24, 2.45) is 0 Å². The maximum Gasteiger partial charge on any atom is 0.312 e. The quantitative estimate of drug-likeness (QED) is 0.906. The van der Waals surface area contributed by atoms with Crippen molar-refractivity contribution in [3.63, 3.8) is 0 Å². The Morgan fingerprint density at radius 3 is 2.80 bits per heavy atom. The number of hydrogen-bond donors (Lipinski definition) is 1. The summed E-state index contributed by atoms with van der Waals surface area (Å²) in [5, 5.41) is 9.51. The Labute approximate surface area is 120 Å². The van der Waals surface area contributed by atoms with Crippen LogP contribution in [0.3, 0.4) is 0 Å². The summed E-state index contributed by atoms with van der Waals surface area (Å²) < 4.78 is 0. The van der Waals surface area contributed by atoms with E-state index in [0.29, 0.717) is 12.6 Å². The van der Waals surface area contributed by atoms with Gasteiger partial charge in [-0.25, -0.2) is 0 Å². The Hall–Kier alpha value is -1.39. The SMILES string of the molecule is O=C(O)C(CN1CCN2CCCC2C1)c1ccccc1. The minimum atomic E-state index is -0.718. The van der Waals surface area contributed by atoms with Gasteiger partial charge < -0.3 is 5.11 Å². The molecule has 2 aliphatic rings. The van der Waals surface area contributed by atoms with Crippen molar-refractivity contribution in [2.45, 2.75) is 24.8 Å². The third kappa shape index (κ3) is 2.86. The predicted octanol–water partition coefficient (Wildman–Crippen LogP) is 1.63. The van der Waals surface area contributed by atoms with E-state index in [1.54, 1.807) is 0 Å². The second-order valence-electron chi connectivity index (χ2n) is 5.89. The van der Waals surface area contributed by atoms with Crippen LogP contribution in [0.5, 0.6) is 0 Å². The van der Waals surface area contributed by atoms with Crippen LogP contribution in [0, 0.1) is 0 Å². The van der Waals surface area contributed by atoms with E-state index in [4.69, 9.17) is 0 Å². The van der Waals surface area contributed by atoms with Gasteiger partial charge in [0.1, 0.15) is 0 Å². The largest absolute Gasteiger partial charge is 0.481 e. The molecule has 2 aliphatic heterocycles. The molecule has 0 spiro atoms. The van der Waals surface area contributed by atoms with Crippen LogP contribution in [0.15, 0.2) is 30.3 Å². The lowest BCUT2D eigenvalue weighted by Gasteiger charge is -2.38. The molecule has 4 nitrogen and oxygen atoms in total. The molecule has 4 heteroatoms. The smallest absolute Gasteiger partial charge is 0.312 e. The fourth-order valence-electron chi connectivity index (χ4n) is 3.49. The van der Waals surface area contributed by atoms with E-state index in [1.165, 1.54) is 19.4 Å². The standard InChI is InChI=1S/C16H22N2O2/c19-16(20)15(13-5-2-1-3-6-13)12-17-9-10-18-8-4-7-14(18)11-17/h1-3,5-6,14-15H,4,7-12H2,(H,19,20). The lowest BCUT2D eigenvalue weighted by atomic mass is 9.98. The minimum absolute atomic E-state index is 0.413. The highest BCUT2D eigenvalue weighted by Gasteiger charge is 2.32. The Bertz CT molecular complexity index is 463. The van der Waals surface area contributed by atoms with Crippen LogP contribution in [0.1, 0.15) is 24.3 Å². The van der Waals surface area contributed by atoms with Crippen LogP contribution in [-0.4, -0.2) is 59.6 Å². The van der Waals surface area contributed by atoms with E-state index >= 15 is 0 Å². The number of fused-ring (bicyclic) bond motifs is 1. The number of rotatable bonds is 4. The summed E-state index contributed by atoms with van der Waals surface area (Å²) in [6, 6.07) is 10.3.